The molecule has 0 aliphatic heterocycles. The average molecular weight is 409 g/mol. The summed E-state index contributed by atoms with van der Waals surface area (Å²) in [5, 5.41) is 8.60. The summed E-state index contributed by atoms with van der Waals surface area (Å²) < 4.78 is 0. The average Bonchev–Trinajstić information content (AvgIpc) is 3.35. The maximum absolute atomic E-state index is 9.00. The molecular formula is C26H23N3O2. The number of hydrogen-bond donors (Lipinski definition) is 3. The van der Waals surface area contributed by atoms with Crippen molar-refractivity contribution in [3.8, 4) is 33.9 Å². The highest BCUT2D eigenvalue weighted by molar-refractivity contribution is 5.97. The molecule has 2 heterocycles. The molecule has 5 heteroatoms. The number of aromatic amines is 2. The zero-order valence-electron chi connectivity index (χ0n) is 17.4. The Morgan fingerprint density at radius 3 is 2.00 bits per heavy atom. The number of aliphatic carboxylic acids is 1. The first-order valence-corrected chi connectivity index (χ1v) is 10.0. The largest absolute Gasteiger partial charge is 0.481 e. The zero-order chi connectivity index (χ0) is 21.8. The molecule has 5 aromatic rings. The second-order valence-corrected chi connectivity index (χ2v) is 7.23. The lowest BCUT2D eigenvalue weighted by atomic mass is 10.1. The first-order valence-electron chi connectivity index (χ1n) is 10.0. The summed E-state index contributed by atoms with van der Waals surface area (Å²) in [6, 6.07) is 29.1. The number of nitrogens with zero attached hydrogens (tertiary/aromatic N) is 1. The highest BCUT2D eigenvalue weighted by atomic mass is 16.4. The molecule has 0 unspecified atom stereocenters. The van der Waals surface area contributed by atoms with Crippen LogP contribution in [0, 0.1) is 6.92 Å². The molecule has 0 bridgehead atoms. The standard InChI is InChI=1S/C24H19N3.C2H4O2/c1-16-21(19-14-8-9-15-20(19)25-16)24-26-22(17-10-4-2-5-11-17)23(27-24)18-12-6-3-7-13-18;1-2(3)4/h2-15,25H,1H3,(H,26,27);1H3,(H,3,4). The van der Waals surface area contributed by atoms with Crippen LogP contribution in [0.4, 0.5) is 0 Å². The molecule has 5 rings (SSSR count). The molecule has 0 amide bonds. The van der Waals surface area contributed by atoms with Crippen LogP contribution in [0.25, 0.3) is 44.8 Å². The number of imidazole rings is 1. The lowest BCUT2D eigenvalue weighted by Gasteiger charge is -2.02. The summed E-state index contributed by atoms with van der Waals surface area (Å²) in [4.78, 5) is 21.1. The number of carbonyl (C=O) groups is 1. The third-order valence-electron chi connectivity index (χ3n) is 4.94. The molecule has 5 nitrogen and oxygen atoms in total. The van der Waals surface area contributed by atoms with E-state index in [9.17, 15) is 0 Å². The number of hydrogen-bond acceptors (Lipinski definition) is 2. The number of H-pyrrole nitrogens is 2. The van der Waals surface area contributed by atoms with Crippen molar-refractivity contribution in [1.29, 1.82) is 0 Å². The first-order chi connectivity index (χ1) is 15.0. The minimum absolute atomic E-state index is 0.833. The van der Waals surface area contributed by atoms with Crippen molar-refractivity contribution in [2.75, 3.05) is 0 Å². The highest BCUT2D eigenvalue weighted by Gasteiger charge is 2.18. The van der Waals surface area contributed by atoms with E-state index in [2.05, 4.69) is 89.7 Å². The smallest absolute Gasteiger partial charge is 0.300 e. The van der Waals surface area contributed by atoms with Crippen LogP contribution in [0.5, 0.6) is 0 Å². The summed E-state index contributed by atoms with van der Waals surface area (Å²) in [6.07, 6.45) is 0. The third kappa shape index (κ3) is 4.26. The van der Waals surface area contributed by atoms with Crippen LogP contribution in [0.2, 0.25) is 0 Å². The van der Waals surface area contributed by atoms with Crippen molar-refractivity contribution in [3.63, 3.8) is 0 Å². The number of aromatic nitrogens is 3. The molecule has 0 fully saturated rings. The van der Waals surface area contributed by atoms with E-state index in [1.54, 1.807) is 0 Å². The molecule has 3 aromatic carbocycles. The van der Waals surface area contributed by atoms with Crippen LogP contribution in [-0.4, -0.2) is 26.0 Å². The SMILES string of the molecule is CC(=O)O.Cc1[nH]c2ccccc2c1-c1nc(-c2ccccc2)c(-c2ccccc2)[nH]1. The molecule has 31 heavy (non-hydrogen) atoms. The monoisotopic (exact) mass is 409 g/mol. The number of para-hydroxylation sites is 1. The second kappa shape index (κ2) is 8.71. The Kier molecular flexibility index (Phi) is 5.67. The Bertz CT molecular complexity index is 1260. The van der Waals surface area contributed by atoms with Crippen molar-refractivity contribution in [3.05, 3.63) is 90.6 Å². The third-order valence-corrected chi connectivity index (χ3v) is 4.94. The van der Waals surface area contributed by atoms with Crippen LogP contribution in [0.3, 0.4) is 0 Å². The molecule has 154 valence electrons. The normalized spacial score (nSPS) is 10.5. The molecule has 2 aromatic heterocycles. The lowest BCUT2D eigenvalue weighted by molar-refractivity contribution is -0.134. The minimum atomic E-state index is -0.833. The topological polar surface area (TPSA) is 81.8 Å². The van der Waals surface area contributed by atoms with Crippen LogP contribution in [0.1, 0.15) is 12.6 Å². The fourth-order valence-corrected chi connectivity index (χ4v) is 3.69. The fourth-order valence-electron chi connectivity index (χ4n) is 3.69. The molecule has 0 saturated carbocycles. The van der Waals surface area contributed by atoms with Gasteiger partial charge >= 0.3 is 0 Å². The zero-order valence-corrected chi connectivity index (χ0v) is 17.4. The summed E-state index contributed by atoms with van der Waals surface area (Å²) in [7, 11) is 0. The van der Waals surface area contributed by atoms with E-state index in [0.29, 0.717) is 0 Å². The summed E-state index contributed by atoms with van der Waals surface area (Å²) in [6.45, 7) is 3.18. The molecule has 0 radical (unpaired) electrons. The molecule has 3 N–H and O–H groups in total. The summed E-state index contributed by atoms with van der Waals surface area (Å²) >= 11 is 0. The van der Waals surface area contributed by atoms with E-state index in [1.165, 1.54) is 5.39 Å². The van der Waals surface area contributed by atoms with Crippen LogP contribution in [0.15, 0.2) is 84.9 Å². The van der Waals surface area contributed by atoms with Gasteiger partial charge in [-0.3, -0.25) is 4.79 Å². The van der Waals surface area contributed by atoms with Crippen molar-refractivity contribution in [1.82, 2.24) is 15.0 Å². The molecule has 0 aliphatic carbocycles. The van der Waals surface area contributed by atoms with E-state index in [0.717, 1.165) is 52.0 Å². The minimum Gasteiger partial charge on any atom is -0.481 e. The maximum atomic E-state index is 9.00. The Balaban J connectivity index is 0.000000535. The van der Waals surface area contributed by atoms with Crippen molar-refractivity contribution < 1.29 is 9.90 Å². The Morgan fingerprint density at radius 2 is 1.35 bits per heavy atom. The number of nitrogens with one attached hydrogen (secondary N) is 2. The van der Waals surface area contributed by atoms with Gasteiger partial charge in [-0.15, -0.1) is 0 Å². The summed E-state index contributed by atoms with van der Waals surface area (Å²) in [5.41, 5.74) is 7.63. The number of aryl methyl sites for hydroxylation is 1. The number of carboxylic acid groups (broad SMARTS) is 1. The lowest BCUT2D eigenvalue weighted by Crippen LogP contribution is -1.83. The Hall–Kier alpha value is -4.12. The molecule has 0 saturated heterocycles. The van der Waals surface area contributed by atoms with Crippen LogP contribution < -0.4 is 0 Å². The van der Waals surface area contributed by atoms with Gasteiger partial charge in [0.25, 0.3) is 5.97 Å². The fraction of sp³-hybridized carbons (Fsp3) is 0.0769. The Labute approximate surface area is 180 Å². The van der Waals surface area contributed by atoms with Gasteiger partial charge in [0.05, 0.1) is 11.4 Å². The predicted octanol–water partition coefficient (Wildman–Crippen LogP) is 6.29. The van der Waals surface area contributed by atoms with Crippen molar-refractivity contribution in [2.24, 2.45) is 0 Å². The van der Waals surface area contributed by atoms with Gasteiger partial charge < -0.3 is 15.1 Å². The van der Waals surface area contributed by atoms with Gasteiger partial charge in [0.2, 0.25) is 0 Å². The molecular weight excluding hydrogens is 386 g/mol. The molecule has 0 aliphatic rings. The van der Waals surface area contributed by atoms with E-state index < -0.39 is 5.97 Å². The Morgan fingerprint density at radius 1 is 0.806 bits per heavy atom. The summed E-state index contributed by atoms with van der Waals surface area (Å²) in [5.74, 6) is 0.0580. The van der Waals surface area contributed by atoms with Crippen LogP contribution in [-0.2, 0) is 4.79 Å². The van der Waals surface area contributed by atoms with E-state index in [1.807, 2.05) is 12.1 Å². The van der Waals surface area contributed by atoms with Gasteiger partial charge in [-0.25, -0.2) is 4.98 Å². The van der Waals surface area contributed by atoms with E-state index in [4.69, 9.17) is 14.9 Å². The highest BCUT2D eigenvalue weighted by Crippen LogP contribution is 2.36. The second-order valence-electron chi connectivity index (χ2n) is 7.23. The molecule has 0 spiro atoms. The maximum Gasteiger partial charge on any atom is 0.300 e. The number of fused-ring (bicyclic) bond motifs is 1. The van der Waals surface area contributed by atoms with Crippen molar-refractivity contribution in [2.45, 2.75) is 13.8 Å². The van der Waals surface area contributed by atoms with E-state index in [-0.39, 0.29) is 0 Å². The molecule has 0 atom stereocenters. The van der Waals surface area contributed by atoms with Gasteiger partial charge in [0.15, 0.2) is 0 Å². The van der Waals surface area contributed by atoms with Gasteiger partial charge in [0, 0.05) is 40.2 Å². The van der Waals surface area contributed by atoms with Gasteiger partial charge in [-0.1, -0.05) is 78.9 Å². The van der Waals surface area contributed by atoms with Crippen molar-refractivity contribution >= 4 is 16.9 Å². The van der Waals surface area contributed by atoms with Gasteiger partial charge in [-0.05, 0) is 13.0 Å². The number of benzene rings is 3. The van der Waals surface area contributed by atoms with Gasteiger partial charge in [-0.2, -0.15) is 0 Å². The first kappa shape index (κ1) is 20.2. The van der Waals surface area contributed by atoms with Crippen LogP contribution >= 0.6 is 0 Å². The van der Waals surface area contributed by atoms with Gasteiger partial charge in [0.1, 0.15) is 5.82 Å². The number of rotatable bonds is 3. The quantitative estimate of drug-likeness (QED) is 0.327. The number of carboxylic acids is 1. The van der Waals surface area contributed by atoms with E-state index >= 15 is 0 Å². The predicted molar refractivity (Wildman–Crippen MR) is 125 cm³/mol.